The SMILES string of the molecule is O=C(c1cccnc1N1CCN(CC(=O)N2CCCc3ccccc32)CC1)N1CCCCC1. The summed E-state index contributed by atoms with van der Waals surface area (Å²) in [6, 6.07) is 12.0. The minimum Gasteiger partial charge on any atom is -0.353 e. The van der Waals surface area contributed by atoms with Gasteiger partial charge in [-0.3, -0.25) is 14.5 Å². The summed E-state index contributed by atoms with van der Waals surface area (Å²) in [5.41, 5.74) is 3.04. The molecule has 0 atom stereocenters. The molecule has 7 heteroatoms. The van der Waals surface area contributed by atoms with Crippen molar-refractivity contribution >= 4 is 23.3 Å². The van der Waals surface area contributed by atoms with Crippen LogP contribution in [-0.2, 0) is 11.2 Å². The predicted molar refractivity (Wildman–Crippen MR) is 130 cm³/mol. The Balaban J connectivity index is 1.21. The van der Waals surface area contributed by atoms with Crippen molar-refractivity contribution in [2.45, 2.75) is 32.1 Å². The molecule has 1 aromatic carbocycles. The highest BCUT2D eigenvalue weighted by Gasteiger charge is 2.28. The molecule has 0 radical (unpaired) electrons. The molecule has 3 aliphatic heterocycles. The van der Waals surface area contributed by atoms with Crippen LogP contribution in [0.15, 0.2) is 42.6 Å². The van der Waals surface area contributed by atoms with Crippen molar-refractivity contribution in [3.63, 3.8) is 0 Å². The van der Waals surface area contributed by atoms with Gasteiger partial charge in [0.15, 0.2) is 0 Å². The molecule has 0 bridgehead atoms. The Morgan fingerprint density at radius 2 is 1.61 bits per heavy atom. The van der Waals surface area contributed by atoms with E-state index in [0.717, 1.165) is 83.0 Å². The van der Waals surface area contributed by atoms with Crippen LogP contribution >= 0.6 is 0 Å². The Labute approximate surface area is 196 Å². The van der Waals surface area contributed by atoms with Crippen molar-refractivity contribution in [2.75, 3.05) is 62.2 Å². The predicted octanol–water partition coefficient (Wildman–Crippen LogP) is 2.81. The Kier molecular flexibility index (Phi) is 6.58. The fraction of sp³-hybridized carbons (Fsp3) is 0.500. The molecule has 4 heterocycles. The van der Waals surface area contributed by atoms with Crippen LogP contribution in [0.5, 0.6) is 0 Å². The molecular formula is C26H33N5O2. The van der Waals surface area contributed by atoms with Crippen molar-refractivity contribution in [1.29, 1.82) is 0 Å². The first-order valence-corrected chi connectivity index (χ1v) is 12.3. The first-order chi connectivity index (χ1) is 16.2. The summed E-state index contributed by atoms with van der Waals surface area (Å²) in [7, 11) is 0. The average molecular weight is 448 g/mol. The summed E-state index contributed by atoms with van der Waals surface area (Å²) in [6.07, 6.45) is 7.19. The molecule has 7 nitrogen and oxygen atoms in total. The molecule has 2 aromatic rings. The monoisotopic (exact) mass is 447 g/mol. The van der Waals surface area contributed by atoms with Gasteiger partial charge in [-0.25, -0.2) is 4.98 Å². The number of para-hydroxylation sites is 1. The van der Waals surface area contributed by atoms with E-state index in [0.29, 0.717) is 12.1 Å². The van der Waals surface area contributed by atoms with E-state index in [1.54, 1.807) is 6.20 Å². The number of carbonyl (C=O) groups excluding carboxylic acids is 2. The number of pyridine rings is 1. The number of rotatable bonds is 4. The number of anilines is 2. The van der Waals surface area contributed by atoms with Crippen LogP contribution in [0.25, 0.3) is 0 Å². The topological polar surface area (TPSA) is 60.0 Å². The van der Waals surface area contributed by atoms with E-state index in [9.17, 15) is 9.59 Å². The van der Waals surface area contributed by atoms with E-state index < -0.39 is 0 Å². The van der Waals surface area contributed by atoms with Crippen LogP contribution < -0.4 is 9.80 Å². The number of fused-ring (bicyclic) bond motifs is 1. The molecule has 33 heavy (non-hydrogen) atoms. The minimum absolute atomic E-state index is 0.0965. The second kappa shape index (κ2) is 9.91. The Hall–Kier alpha value is -2.93. The van der Waals surface area contributed by atoms with Crippen molar-refractivity contribution in [2.24, 2.45) is 0 Å². The van der Waals surface area contributed by atoms with Crippen LogP contribution in [-0.4, -0.2) is 79.0 Å². The summed E-state index contributed by atoms with van der Waals surface area (Å²) in [5, 5.41) is 0. The van der Waals surface area contributed by atoms with E-state index in [1.807, 2.05) is 34.1 Å². The number of amides is 2. The van der Waals surface area contributed by atoms with E-state index >= 15 is 0 Å². The van der Waals surface area contributed by atoms with Gasteiger partial charge in [0.25, 0.3) is 5.91 Å². The van der Waals surface area contributed by atoms with Gasteiger partial charge in [0.05, 0.1) is 12.1 Å². The standard InChI is InChI=1S/C26H33N5O2/c32-24(31-15-7-9-21-8-2-3-11-23(21)31)20-28-16-18-29(19-17-28)25-22(10-6-12-27-25)26(33)30-13-4-1-5-14-30/h2-3,6,8,10-12H,1,4-5,7,9,13-20H2. The largest absolute Gasteiger partial charge is 0.353 e. The number of likely N-dealkylation sites (tertiary alicyclic amines) is 1. The van der Waals surface area contributed by atoms with E-state index in [-0.39, 0.29) is 11.8 Å². The van der Waals surface area contributed by atoms with Crippen LogP contribution in [0, 0.1) is 0 Å². The number of hydrogen-bond acceptors (Lipinski definition) is 5. The van der Waals surface area contributed by atoms with Crippen molar-refractivity contribution in [3.05, 3.63) is 53.7 Å². The van der Waals surface area contributed by atoms with Crippen LogP contribution in [0.1, 0.15) is 41.6 Å². The summed E-state index contributed by atoms with van der Waals surface area (Å²) in [5.74, 6) is 1.05. The lowest BCUT2D eigenvalue weighted by Gasteiger charge is -2.37. The zero-order valence-electron chi connectivity index (χ0n) is 19.3. The second-order valence-electron chi connectivity index (χ2n) is 9.27. The number of piperazine rings is 1. The summed E-state index contributed by atoms with van der Waals surface area (Å²) in [4.78, 5) is 39.2. The lowest BCUT2D eigenvalue weighted by Crippen LogP contribution is -2.51. The molecule has 0 saturated carbocycles. The maximum Gasteiger partial charge on any atom is 0.257 e. The van der Waals surface area contributed by atoms with Gasteiger partial charge in [-0.15, -0.1) is 0 Å². The van der Waals surface area contributed by atoms with Gasteiger partial charge >= 0.3 is 0 Å². The first-order valence-electron chi connectivity index (χ1n) is 12.3. The van der Waals surface area contributed by atoms with Gasteiger partial charge in [0, 0.05) is 57.7 Å². The third-order valence-electron chi connectivity index (χ3n) is 7.10. The number of benzene rings is 1. The lowest BCUT2D eigenvalue weighted by atomic mass is 10.0. The number of piperidine rings is 1. The van der Waals surface area contributed by atoms with Gasteiger partial charge in [0.1, 0.15) is 5.82 Å². The summed E-state index contributed by atoms with van der Waals surface area (Å²) >= 11 is 0. The van der Waals surface area contributed by atoms with Crippen molar-refractivity contribution in [1.82, 2.24) is 14.8 Å². The summed E-state index contributed by atoms with van der Waals surface area (Å²) < 4.78 is 0. The maximum absolute atomic E-state index is 13.1. The molecule has 3 aliphatic rings. The zero-order chi connectivity index (χ0) is 22.6. The van der Waals surface area contributed by atoms with E-state index in [2.05, 4.69) is 26.9 Å². The van der Waals surface area contributed by atoms with Crippen LogP contribution in [0.4, 0.5) is 11.5 Å². The minimum atomic E-state index is 0.0965. The highest BCUT2D eigenvalue weighted by Crippen LogP contribution is 2.27. The molecule has 0 N–H and O–H groups in total. The number of aromatic nitrogens is 1. The first kappa shape index (κ1) is 21.9. The average Bonchev–Trinajstić information content (AvgIpc) is 2.89. The number of carbonyl (C=O) groups is 2. The molecular weight excluding hydrogens is 414 g/mol. The van der Waals surface area contributed by atoms with E-state index in [4.69, 9.17) is 0 Å². The highest BCUT2D eigenvalue weighted by molar-refractivity contribution is 5.99. The lowest BCUT2D eigenvalue weighted by molar-refractivity contribution is -0.119. The fourth-order valence-corrected chi connectivity index (χ4v) is 5.27. The number of aryl methyl sites for hydroxylation is 1. The third-order valence-corrected chi connectivity index (χ3v) is 7.10. The van der Waals surface area contributed by atoms with Crippen molar-refractivity contribution in [3.8, 4) is 0 Å². The highest BCUT2D eigenvalue weighted by atomic mass is 16.2. The normalized spacial score (nSPS) is 19.3. The van der Waals surface area contributed by atoms with Gasteiger partial charge in [0.2, 0.25) is 5.91 Å². The maximum atomic E-state index is 13.1. The molecule has 2 fully saturated rings. The molecule has 1 aromatic heterocycles. The molecule has 0 spiro atoms. The molecule has 0 aliphatic carbocycles. The zero-order valence-corrected chi connectivity index (χ0v) is 19.3. The fourth-order valence-electron chi connectivity index (χ4n) is 5.27. The number of hydrogen-bond donors (Lipinski definition) is 0. The van der Waals surface area contributed by atoms with Crippen molar-refractivity contribution < 1.29 is 9.59 Å². The molecule has 0 unspecified atom stereocenters. The van der Waals surface area contributed by atoms with Gasteiger partial charge in [-0.2, -0.15) is 0 Å². The van der Waals surface area contributed by atoms with Gasteiger partial charge in [-0.05, 0) is 55.9 Å². The van der Waals surface area contributed by atoms with Crippen LogP contribution in [0.2, 0.25) is 0 Å². The Morgan fingerprint density at radius 3 is 2.42 bits per heavy atom. The third kappa shape index (κ3) is 4.74. The Bertz CT molecular complexity index is 996. The summed E-state index contributed by atoms with van der Waals surface area (Å²) in [6.45, 7) is 6.01. The van der Waals surface area contributed by atoms with Gasteiger partial charge in [-0.1, -0.05) is 18.2 Å². The molecule has 2 saturated heterocycles. The smallest absolute Gasteiger partial charge is 0.257 e. The number of nitrogens with zero attached hydrogens (tertiary/aromatic N) is 5. The molecule has 2 amide bonds. The molecule has 5 rings (SSSR count). The Morgan fingerprint density at radius 1 is 0.818 bits per heavy atom. The molecule has 174 valence electrons. The quantitative estimate of drug-likeness (QED) is 0.721. The second-order valence-corrected chi connectivity index (χ2v) is 9.27. The van der Waals surface area contributed by atoms with Gasteiger partial charge < -0.3 is 14.7 Å². The van der Waals surface area contributed by atoms with E-state index in [1.165, 1.54) is 12.0 Å². The van der Waals surface area contributed by atoms with Crippen LogP contribution in [0.3, 0.4) is 0 Å².